The van der Waals surface area contributed by atoms with Gasteiger partial charge in [-0.05, 0) is 29.1 Å². The second-order valence-corrected chi connectivity index (χ2v) is 5.22. The molecule has 1 aromatic heterocycles. The van der Waals surface area contributed by atoms with E-state index < -0.39 is 0 Å². The lowest BCUT2D eigenvalue weighted by atomic mass is 10.3. The van der Waals surface area contributed by atoms with E-state index in [0.29, 0.717) is 6.61 Å². The molecule has 2 aromatic rings. The largest absolute Gasteiger partial charge is 0.383 e. The summed E-state index contributed by atoms with van der Waals surface area (Å²) < 4.78 is 6.96. The van der Waals surface area contributed by atoms with Gasteiger partial charge in [0.1, 0.15) is 0 Å². The van der Waals surface area contributed by atoms with Crippen molar-refractivity contribution in [2.24, 2.45) is 0 Å². The Kier molecular flexibility index (Phi) is 5.97. The van der Waals surface area contributed by atoms with Gasteiger partial charge in [0.25, 0.3) is 0 Å². The average molecular weight is 293 g/mol. The molecule has 7 heteroatoms. The van der Waals surface area contributed by atoms with Gasteiger partial charge in [-0.15, -0.1) is 5.10 Å². The molecule has 6 nitrogen and oxygen atoms in total. The van der Waals surface area contributed by atoms with Crippen LogP contribution in [0.2, 0.25) is 0 Å². The molecule has 1 unspecified atom stereocenters. The van der Waals surface area contributed by atoms with Gasteiger partial charge in [-0.25, -0.2) is 0 Å². The number of para-hydroxylation sites is 1. The molecule has 1 heterocycles. The van der Waals surface area contributed by atoms with Crippen molar-refractivity contribution in [3.05, 3.63) is 30.3 Å². The van der Waals surface area contributed by atoms with Gasteiger partial charge in [0, 0.05) is 18.9 Å². The first kappa shape index (κ1) is 15.0. The molecular weight excluding hydrogens is 274 g/mol. The molecule has 20 heavy (non-hydrogen) atoms. The first-order valence-corrected chi connectivity index (χ1v) is 7.52. The quantitative estimate of drug-likeness (QED) is 0.742. The predicted octanol–water partition coefficient (Wildman–Crippen LogP) is 1.38. The lowest BCUT2D eigenvalue weighted by Crippen LogP contribution is -2.35. The Morgan fingerprint density at radius 1 is 1.35 bits per heavy atom. The van der Waals surface area contributed by atoms with E-state index in [-0.39, 0.29) is 6.04 Å². The normalized spacial score (nSPS) is 12.5. The molecule has 0 aliphatic rings. The Morgan fingerprint density at radius 2 is 2.15 bits per heavy atom. The Balaban J connectivity index is 2.02. The minimum atomic E-state index is 0.288. The van der Waals surface area contributed by atoms with Crippen molar-refractivity contribution in [2.45, 2.75) is 18.1 Å². The van der Waals surface area contributed by atoms with Gasteiger partial charge in [0.05, 0.1) is 12.3 Å². The van der Waals surface area contributed by atoms with Gasteiger partial charge in [-0.2, -0.15) is 4.68 Å². The van der Waals surface area contributed by atoms with E-state index in [1.165, 1.54) is 0 Å². The first-order valence-electron chi connectivity index (χ1n) is 6.54. The molecule has 0 aliphatic carbocycles. The fraction of sp³-hybridized carbons (Fsp3) is 0.462. The van der Waals surface area contributed by atoms with Crippen LogP contribution in [0.1, 0.15) is 6.92 Å². The van der Waals surface area contributed by atoms with Crippen LogP contribution in [-0.4, -0.2) is 52.3 Å². The maximum Gasteiger partial charge on any atom is 0.214 e. The first-order chi connectivity index (χ1) is 9.85. The highest BCUT2D eigenvalue weighted by Gasteiger charge is 2.13. The zero-order valence-corrected chi connectivity index (χ0v) is 12.5. The van der Waals surface area contributed by atoms with E-state index in [1.807, 2.05) is 30.3 Å². The zero-order valence-electron chi connectivity index (χ0n) is 11.7. The van der Waals surface area contributed by atoms with Crippen LogP contribution in [0.25, 0.3) is 5.69 Å². The van der Waals surface area contributed by atoms with Crippen LogP contribution in [-0.2, 0) is 4.74 Å². The molecule has 0 saturated heterocycles. The van der Waals surface area contributed by atoms with Gasteiger partial charge in [-0.1, -0.05) is 36.9 Å². The minimum absolute atomic E-state index is 0.288. The number of hydrogen-bond acceptors (Lipinski definition) is 6. The van der Waals surface area contributed by atoms with Crippen LogP contribution >= 0.6 is 11.8 Å². The number of nitrogens with one attached hydrogen (secondary N) is 1. The number of ether oxygens (including phenoxy) is 1. The lowest BCUT2D eigenvalue weighted by molar-refractivity contribution is 0.174. The lowest BCUT2D eigenvalue weighted by Gasteiger charge is -2.15. The summed E-state index contributed by atoms with van der Waals surface area (Å²) in [6.07, 6.45) is 0. The third-order valence-electron chi connectivity index (χ3n) is 2.72. The number of tetrazole rings is 1. The summed E-state index contributed by atoms with van der Waals surface area (Å²) in [5, 5.41) is 16.0. The van der Waals surface area contributed by atoms with Crippen molar-refractivity contribution in [1.82, 2.24) is 25.5 Å². The van der Waals surface area contributed by atoms with Gasteiger partial charge in [-0.3, -0.25) is 0 Å². The van der Waals surface area contributed by atoms with Crippen LogP contribution in [0.3, 0.4) is 0 Å². The molecule has 0 bridgehead atoms. The van der Waals surface area contributed by atoms with Crippen LogP contribution in [0.5, 0.6) is 0 Å². The van der Waals surface area contributed by atoms with Gasteiger partial charge >= 0.3 is 0 Å². The van der Waals surface area contributed by atoms with Crippen molar-refractivity contribution in [3.63, 3.8) is 0 Å². The summed E-state index contributed by atoms with van der Waals surface area (Å²) in [5.74, 6) is 0.856. The number of thioether (sulfide) groups is 1. The molecular formula is C13H19N5OS. The molecule has 108 valence electrons. The van der Waals surface area contributed by atoms with Crippen LogP contribution in [0.15, 0.2) is 35.5 Å². The second kappa shape index (κ2) is 7.98. The number of benzene rings is 1. The van der Waals surface area contributed by atoms with Gasteiger partial charge in [0.15, 0.2) is 0 Å². The minimum Gasteiger partial charge on any atom is -0.383 e. The SMILES string of the molecule is CCNC(COC)CSc1nnnn1-c1ccccc1. The summed E-state index contributed by atoms with van der Waals surface area (Å²) in [5.41, 5.74) is 0.965. The third-order valence-corrected chi connectivity index (χ3v) is 3.80. The van der Waals surface area contributed by atoms with Crippen LogP contribution in [0, 0.1) is 0 Å². The molecule has 1 aromatic carbocycles. The highest BCUT2D eigenvalue weighted by Crippen LogP contribution is 2.18. The van der Waals surface area contributed by atoms with Crippen molar-refractivity contribution in [2.75, 3.05) is 26.0 Å². The van der Waals surface area contributed by atoms with Crippen molar-refractivity contribution in [1.29, 1.82) is 0 Å². The van der Waals surface area contributed by atoms with Crippen molar-refractivity contribution in [3.8, 4) is 5.69 Å². The van der Waals surface area contributed by atoms with E-state index in [0.717, 1.165) is 23.1 Å². The van der Waals surface area contributed by atoms with E-state index in [2.05, 4.69) is 27.8 Å². The Labute approximate surface area is 122 Å². The zero-order chi connectivity index (χ0) is 14.2. The highest BCUT2D eigenvalue weighted by molar-refractivity contribution is 7.99. The molecule has 0 fully saturated rings. The molecule has 0 amide bonds. The van der Waals surface area contributed by atoms with Crippen LogP contribution < -0.4 is 5.32 Å². The second-order valence-electron chi connectivity index (χ2n) is 4.23. The fourth-order valence-corrected chi connectivity index (χ4v) is 2.75. The molecule has 0 aliphatic heterocycles. The Morgan fingerprint density at radius 3 is 2.85 bits per heavy atom. The number of nitrogens with zero attached hydrogens (tertiary/aromatic N) is 4. The average Bonchev–Trinajstić information content (AvgIpc) is 2.94. The summed E-state index contributed by atoms with van der Waals surface area (Å²) in [7, 11) is 1.71. The molecule has 2 rings (SSSR count). The predicted molar refractivity (Wildman–Crippen MR) is 79.2 cm³/mol. The smallest absolute Gasteiger partial charge is 0.214 e. The van der Waals surface area contributed by atoms with E-state index in [9.17, 15) is 0 Å². The summed E-state index contributed by atoms with van der Waals surface area (Å²) in [6.45, 7) is 3.67. The summed E-state index contributed by atoms with van der Waals surface area (Å²) >= 11 is 1.62. The fourth-order valence-electron chi connectivity index (χ4n) is 1.83. The maximum absolute atomic E-state index is 5.21. The molecule has 0 radical (unpaired) electrons. The van der Waals surface area contributed by atoms with Crippen molar-refractivity contribution >= 4 is 11.8 Å². The number of likely N-dealkylation sites (N-methyl/N-ethyl adjacent to an activating group) is 1. The van der Waals surface area contributed by atoms with E-state index >= 15 is 0 Å². The number of methoxy groups -OCH3 is 1. The third kappa shape index (κ3) is 4.03. The molecule has 0 spiro atoms. The summed E-state index contributed by atoms with van der Waals surface area (Å²) in [4.78, 5) is 0. The van der Waals surface area contributed by atoms with Gasteiger partial charge in [0.2, 0.25) is 5.16 Å². The molecule has 1 atom stereocenters. The number of rotatable bonds is 8. The Hall–Kier alpha value is -1.44. The summed E-state index contributed by atoms with van der Waals surface area (Å²) in [6, 6.07) is 10.2. The number of aromatic nitrogens is 4. The van der Waals surface area contributed by atoms with Crippen LogP contribution in [0.4, 0.5) is 0 Å². The maximum atomic E-state index is 5.21. The van der Waals surface area contributed by atoms with Gasteiger partial charge < -0.3 is 10.1 Å². The monoisotopic (exact) mass is 293 g/mol. The molecule has 1 N–H and O–H groups in total. The molecule has 0 saturated carbocycles. The highest BCUT2D eigenvalue weighted by atomic mass is 32.2. The standard InChI is InChI=1S/C13H19N5OS/c1-3-14-11(9-19-2)10-20-13-15-16-17-18(13)12-7-5-4-6-8-12/h4-8,11,14H,3,9-10H2,1-2H3. The van der Waals surface area contributed by atoms with E-state index in [4.69, 9.17) is 4.74 Å². The number of hydrogen-bond donors (Lipinski definition) is 1. The van der Waals surface area contributed by atoms with Crippen molar-refractivity contribution < 1.29 is 4.74 Å². The van der Waals surface area contributed by atoms with E-state index in [1.54, 1.807) is 23.6 Å². The topological polar surface area (TPSA) is 64.9 Å². The Bertz CT molecular complexity index is 498.